The Bertz CT molecular complexity index is 1270. The van der Waals surface area contributed by atoms with Crippen LogP contribution in [0, 0.1) is 45.8 Å². The Morgan fingerprint density at radius 3 is 2.50 bits per heavy atom. The number of rotatable bonds is 1. The molecule has 2 N–H and O–H groups in total. The topological polar surface area (TPSA) is 119 Å². The fraction of sp³-hybridized carbons (Fsp3) is 0.781. The van der Waals surface area contributed by atoms with Crippen LogP contribution in [0.3, 0.4) is 0 Å². The van der Waals surface area contributed by atoms with Gasteiger partial charge in [0.25, 0.3) is 0 Å². The van der Waals surface area contributed by atoms with Crippen LogP contribution in [0.1, 0.15) is 79.6 Å². The number of fused-ring (bicyclic) bond motifs is 6. The third-order valence-electron chi connectivity index (χ3n) is 13.4. The molecule has 0 aromatic heterocycles. The van der Waals surface area contributed by atoms with Crippen molar-refractivity contribution in [2.24, 2.45) is 45.8 Å². The zero-order valence-corrected chi connectivity index (χ0v) is 24.2. The van der Waals surface area contributed by atoms with Crippen LogP contribution in [0.2, 0.25) is 0 Å². The highest BCUT2D eigenvalue weighted by Gasteiger charge is 2.80. The molecule has 7 rings (SSSR count). The maximum absolute atomic E-state index is 14.3. The van der Waals surface area contributed by atoms with Gasteiger partial charge in [-0.2, -0.15) is 0 Å². The predicted molar refractivity (Wildman–Crippen MR) is 142 cm³/mol. The quantitative estimate of drug-likeness (QED) is 0.218. The molecule has 2 saturated heterocycles. The van der Waals surface area contributed by atoms with Gasteiger partial charge < -0.3 is 24.4 Å². The minimum atomic E-state index is -1.14. The number of carbonyl (C=O) groups is 3. The van der Waals surface area contributed by atoms with E-state index < -0.39 is 40.2 Å². The summed E-state index contributed by atoms with van der Waals surface area (Å²) < 4.78 is 18.2. The number of ether oxygens (including phenoxy) is 3. The average molecular weight is 555 g/mol. The van der Waals surface area contributed by atoms with Crippen LogP contribution in [0.15, 0.2) is 23.3 Å². The van der Waals surface area contributed by atoms with Gasteiger partial charge in [-0.3, -0.25) is 9.59 Å². The fourth-order valence-corrected chi connectivity index (χ4v) is 11.3. The van der Waals surface area contributed by atoms with E-state index in [1.165, 1.54) is 12.5 Å². The van der Waals surface area contributed by atoms with Crippen molar-refractivity contribution in [2.45, 2.75) is 110 Å². The third-order valence-corrected chi connectivity index (χ3v) is 13.4. The minimum Gasteiger partial charge on any atom is -0.462 e. The van der Waals surface area contributed by atoms with E-state index in [4.69, 9.17) is 14.2 Å². The second-order valence-electron chi connectivity index (χ2n) is 14.6. The molecule has 0 aromatic carbocycles. The summed E-state index contributed by atoms with van der Waals surface area (Å²) in [5, 5.41) is 23.4. The first kappa shape index (κ1) is 26.7. The molecule has 5 aliphatic carbocycles. The maximum atomic E-state index is 14.3. The molecule has 1 unspecified atom stereocenters. The number of aliphatic hydroxyl groups is 2. The molecule has 40 heavy (non-hydrogen) atoms. The van der Waals surface area contributed by atoms with Crippen molar-refractivity contribution in [3.05, 3.63) is 23.3 Å². The van der Waals surface area contributed by atoms with Crippen LogP contribution in [-0.2, 0) is 28.6 Å². The Kier molecular flexibility index (Phi) is 5.34. The molecule has 0 amide bonds. The fourth-order valence-electron chi connectivity index (χ4n) is 11.3. The first-order chi connectivity index (χ1) is 18.7. The van der Waals surface area contributed by atoms with E-state index in [2.05, 4.69) is 27.4 Å². The van der Waals surface area contributed by atoms with E-state index in [1.54, 1.807) is 0 Å². The molecule has 0 aromatic rings. The van der Waals surface area contributed by atoms with E-state index >= 15 is 0 Å². The maximum Gasteiger partial charge on any atom is 0.334 e. The lowest BCUT2D eigenvalue weighted by Gasteiger charge is -2.60. The minimum absolute atomic E-state index is 0.0281. The Hall–Kier alpha value is -2.19. The average Bonchev–Trinajstić information content (AvgIpc) is 3.45. The molecular formula is C32H42O8. The standard InChI is InChI=1S/C32H42O8/c1-14-7-8-24(34)29(6)12-23-21(11-32(14,29)37)31(28(36)40-23)13-30-15(2)9-22-19(16(3)27(35)39-22)10-20(30)17(4)25(31)26(30)38-18(5)33/h14-15,19,21-26,34,37H,3,7-13H2,1-2,4-6H3/t14-,15-,19+,21-,22-,23+,24+,25-,26?,29-,30-,31-,32-/m0/s1. The van der Waals surface area contributed by atoms with E-state index in [0.29, 0.717) is 44.1 Å². The van der Waals surface area contributed by atoms with Gasteiger partial charge in [-0.1, -0.05) is 38.5 Å². The number of esters is 3. The van der Waals surface area contributed by atoms with Gasteiger partial charge in [0.05, 0.1) is 17.1 Å². The van der Waals surface area contributed by atoms with Crippen LogP contribution in [0.4, 0.5) is 0 Å². The summed E-state index contributed by atoms with van der Waals surface area (Å²) >= 11 is 0. The largest absolute Gasteiger partial charge is 0.462 e. The van der Waals surface area contributed by atoms with Crippen molar-refractivity contribution < 1.29 is 38.8 Å². The molecular weight excluding hydrogens is 512 g/mol. The van der Waals surface area contributed by atoms with Gasteiger partial charge in [-0.15, -0.1) is 0 Å². The van der Waals surface area contributed by atoms with Crippen molar-refractivity contribution >= 4 is 17.9 Å². The van der Waals surface area contributed by atoms with Gasteiger partial charge in [-0.05, 0) is 63.7 Å². The van der Waals surface area contributed by atoms with Crippen LogP contribution in [0.25, 0.3) is 0 Å². The van der Waals surface area contributed by atoms with Crippen molar-refractivity contribution in [2.75, 3.05) is 0 Å². The number of aliphatic hydroxyl groups excluding tert-OH is 1. The molecule has 8 nitrogen and oxygen atoms in total. The summed E-state index contributed by atoms with van der Waals surface area (Å²) in [6.45, 7) is 13.7. The van der Waals surface area contributed by atoms with Crippen LogP contribution < -0.4 is 0 Å². The molecule has 13 atom stereocenters. The second-order valence-corrected chi connectivity index (χ2v) is 14.6. The summed E-state index contributed by atoms with van der Waals surface area (Å²) in [6.07, 6.45) is 1.93. The Morgan fingerprint density at radius 2 is 1.80 bits per heavy atom. The summed E-state index contributed by atoms with van der Waals surface area (Å²) in [5.74, 6) is -1.79. The highest BCUT2D eigenvalue weighted by atomic mass is 16.6. The Labute approximate surface area is 235 Å². The number of carbonyl (C=O) groups excluding carboxylic acids is 3. The molecule has 2 aliphatic heterocycles. The van der Waals surface area contributed by atoms with E-state index in [-0.39, 0.29) is 53.6 Å². The second kappa shape index (κ2) is 8.00. The summed E-state index contributed by atoms with van der Waals surface area (Å²) in [6, 6.07) is 0. The first-order valence-electron chi connectivity index (χ1n) is 15.1. The smallest absolute Gasteiger partial charge is 0.334 e. The van der Waals surface area contributed by atoms with Crippen molar-refractivity contribution in [3.8, 4) is 0 Å². The molecule has 8 heteroatoms. The molecule has 2 spiro atoms. The zero-order valence-electron chi connectivity index (χ0n) is 24.2. The monoisotopic (exact) mass is 554 g/mol. The van der Waals surface area contributed by atoms with Crippen LogP contribution in [-0.4, -0.2) is 58.1 Å². The molecule has 2 bridgehead atoms. The predicted octanol–water partition coefficient (Wildman–Crippen LogP) is 3.63. The van der Waals surface area contributed by atoms with E-state index in [9.17, 15) is 24.6 Å². The van der Waals surface area contributed by atoms with Gasteiger partial charge in [-0.25, -0.2) is 4.79 Å². The summed E-state index contributed by atoms with van der Waals surface area (Å²) in [4.78, 5) is 39.3. The first-order valence-corrected chi connectivity index (χ1v) is 15.1. The summed E-state index contributed by atoms with van der Waals surface area (Å²) in [5.41, 5.74) is -0.712. The van der Waals surface area contributed by atoms with Gasteiger partial charge in [0.1, 0.15) is 18.3 Å². The molecule has 4 saturated carbocycles. The number of hydrogen-bond donors (Lipinski definition) is 2. The molecule has 2 heterocycles. The van der Waals surface area contributed by atoms with Crippen molar-refractivity contribution in [1.82, 2.24) is 0 Å². The normalized spacial score (nSPS) is 54.4. The van der Waals surface area contributed by atoms with Gasteiger partial charge in [0, 0.05) is 41.1 Å². The Morgan fingerprint density at radius 1 is 1.07 bits per heavy atom. The number of hydrogen-bond acceptors (Lipinski definition) is 8. The Balaban J connectivity index is 1.37. The molecule has 0 radical (unpaired) electrons. The third kappa shape index (κ3) is 2.83. The highest BCUT2D eigenvalue weighted by Crippen LogP contribution is 2.77. The van der Waals surface area contributed by atoms with Crippen molar-refractivity contribution in [1.29, 1.82) is 0 Å². The van der Waals surface area contributed by atoms with Crippen molar-refractivity contribution in [3.63, 3.8) is 0 Å². The molecule has 218 valence electrons. The van der Waals surface area contributed by atoms with Crippen LogP contribution >= 0.6 is 0 Å². The zero-order chi connectivity index (χ0) is 28.7. The lowest BCUT2D eigenvalue weighted by atomic mass is 9.46. The lowest BCUT2D eigenvalue weighted by Crippen LogP contribution is -2.66. The highest BCUT2D eigenvalue weighted by molar-refractivity contribution is 5.91. The SMILES string of the molecule is C=C1C(=O)O[C@H]2C[C@H](C)[C@@]34C[C@@]5(C(=O)O[C@@H]6C[C@@]7(C)[C@H](O)CC[C@H](C)[C@@]7(O)C[C@@H]65)[C@@H](C(C)=C3C[C@H]12)C4OC(C)=O. The summed E-state index contributed by atoms with van der Waals surface area (Å²) in [7, 11) is 0. The van der Waals surface area contributed by atoms with Crippen LogP contribution in [0.5, 0.6) is 0 Å². The van der Waals surface area contributed by atoms with Gasteiger partial charge >= 0.3 is 17.9 Å². The molecule has 6 fully saturated rings. The van der Waals surface area contributed by atoms with E-state index in [0.717, 1.165) is 12.0 Å². The van der Waals surface area contributed by atoms with E-state index in [1.807, 2.05) is 6.92 Å². The van der Waals surface area contributed by atoms with Gasteiger partial charge in [0.15, 0.2) is 0 Å². The lowest BCUT2D eigenvalue weighted by molar-refractivity contribution is -0.238. The molecule has 7 aliphatic rings. The van der Waals surface area contributed by atoms with Gasteiger partial charge in [0.2, 0.25) is 0 Å².